The number of primary amides is 1. The number of hydrogen-bond donors (Lipinski definition) is 3. The van der Waals surface area contributed by atoms with Crippen molar-refractivity contribution in [1.29, 1.82) is 0 Å². The lowest BCUT2D eigenvalue weighted by atomic mass is 10.1. The quantitative estimate of drug-likeness (QED) is 0.583. The molecule has 1 amide bonds. The highest BCUT2D eigenvalue weighted by atomic mass is 16.3. The molecule has 0 aromatic carbocycles. The minimum atomic E-state index is -0.658. The van der Waals surface area contributed by atoms with Gasteiger partial charge in [0.05, 0.1) is 28.1 Å². The Morgan fingerprint density at radius 1 is 1.24 bits per heavy atom. The van der Waals surface area contributed by atoms with Crippen LogP contribution in [0.5, 0.6) is 0 Å². The van der Waals surface area contributed by atoms with E-state index in [1.54, 1.807) is 38.3 Å². The molecule has 0 fully saturated rings. The van der Waals surface area contributed by atoms with Gasteiger partial charge in [0.2, 0.25) is 0 Å². The van der Waals surface area contributed by atoms with Crippen molar-refractivity contribution >= 4 is 28.5 Å². The van der Waals surface area contributed by atoms with E-state index in [9.17, 15) is 9.90 Å². The number of aryl methyl sites for hydroxylation is 2. The van der Waals surface area contributed by atoms with Crippen molar-refractivity contribution in [3.05, 3.63) is 46.6 Å². The maximum Gasteiger partial charge on any atom is 0.253 e. The van der Waals surface area contributed by atoms with Crippen molar-refractivity contribution in [1.82, 2.24) is 14.5 Å². The number of carbonyl (C=O) groups is 1. The molecule has 7 heteroatoms. The number of amides is 1. The van der Waals surface area contributed by atoms with Crippen molar-refractivity contribution < 1.29 is 9.90 Å². The number of carbonyl (C=O) groups excluding carboxylic acids is 1. The van der Waals surface area contributed by atoms with E-state index in [0.29, 0.717) is 33.8 Å². The molecule has 0 atom stereocenters. The topological polar surface area (TPSA) is 120 Å². The number of nitrogens with two attached hydrogens (primary N) is 2. The summed E-state index contributed by atoms with van der Waals surface area (Å²) in [6.45, 7) is 12.5. The summed E-state index contributed by atoms with van der Waals surface area (Å²) < 4.78 is 1.63. The summed E-state index contributed by atoms with van der Waals surface area (Å²) in [7, 11) is 0. The molecule has 2 rings (SSSR count). The van der Waals surface area contributed by atoms with Crippen LogP contribution in [0.25, 0.3) is 16.7 Å². The van der Waals surface area contributed by atoms with Crippen LogP contribution < -0.4 is 11.5 Å². The minimum Gasteiger partial charge on any atom is -0.512 e. The highest BCUT2D eigenvalue weighted by Crippen LogP contribution is 2.35. The zero-order valence-corrected chi connectivity index (χ0v) is 15.1. The number of allylic oxidation sites excluding steroid dienone is 5. The molecule has 25 heavy (non-hydrogen) atoms. The number of nitrogen functional groups attached to an aromatic ring is 1. The molecule has 0 aliphatic rings. The summed E-state index contributed by atoms with van der Waals surface area (Å²) in [5.74, 6) is 0.162. The van der Waals surface area contributed by atoms with Crippen molar-refractivity contribution in [3.63, 3.8) is 0 Å². The number of fused-ring (bicyclic) bond motifs is 1. The molecule has 2 heterocycles. The molecular formula is C18H23N5O2. The minimum absolute atomic E-state index is 0.126. The standard InChI is InChI=1S/C18H23N5O2/c1-7-8(2)15(9(3)11(5)24)23-16(19)14(17(20)25)13-10(4)21-12(6)22-18(13)23/h7,24H,1,19H2,2-6H3,(H2,20,25)/b11-9+,15-8+. The molecule has 0 saturated carbocycles. The second kappa shape index (κ2) is 6.43. The molecule has 0 aliphatic heterocycles. The number of rotatable bonds is 4. The highest BCUT2D eigenvalue weighted by molar-refractivity contribution is 6.12. The molecule has 0 unspecified atom stereocenters. The van der Waals surface area contributed by atoms with E-state index in [2.05, 4.69) is 16.5 Å². The van der Waals surface area contributed by atoms with E-state index in [-0.39, 0.29) is 17.1 Å². The van der Waals surface area contributed by atoms with E-state index in [0.717, 1.165) is 5.57 Å². The summed E-state index contributed by atoms with van der Waals surface area (Å²) >= 11 is 0. The zero-order valence-electron chi connectivity index (χ0n) is 15.1. The second-order valence-corrected chi connectivity index (χ2v) is 5.96. The van der Waals surface area contributed by atoms with Crippen LogP contribution in [0.4, 0.5) is 5.82 Å². The van der Waals surface area contributed by atoms with Crippen molar-refractivity contribution in [2.75, 3.05) is 5.73 Å². The van der Waals surface area contributed by atoms with Gasteiger partial charge in [-0.2, -0.15) is 0 Å². The van der Waals surface area contributed by atoms with Gasteiger partial charge in [-0.1, -0.05) is 12.7 Å². The number of aliphatic hydroxyl groups excluding tert-OH is 1. The van der Waals surface area contributed by atoms with Gasteiger partial charge >= 0.3 is 0 Å². The van der Waals surface area contributed by atoms with Crippen LogP contribution in [0.15, 0.2) is 29.6 Å². The zero-order chi connectivity index (χ0) is 19.0. The maximum absolute atomic E-state index is 12.0. The van der Waals surface area contributed by atoms with Crippen LogP contribution >= 0.6 is 0 Å². The second-order valence-electron chi connectivity index (χ2n) is 5.96. The van der Waals surface area contributed by atoms with Crippen molar-refractivity contribution in [3.8, 4) is 0 Å². The SMILES string of the molecule is C=C/C(C)=C(\C(C)=C(/C)O)n1c(N)c(C(N)=O)c2c(C)nc(C)nc21. The smallest absolute Gasteiger partial charge is 0.253 e. The Morgan fingerprint density at radius 2 is 1.84 bits per heavy atom. The summed E-state index contributed by atoms with van der Waals surface area (Å²) in [6, 6.07) is 0. The Hall–Kier alpha value is -3.09. The molecule has 0 radical (unpaired) electrons. The highest BCUT2D eigenvalue weighted by Gasteiger charge is 2.26. The van der Waals surface area contributed by atoms with E-state index in [1.807, 2.05) is 6.92 Å². The first kappa shape index (κ1) is 18.3. The first-order valence-electron chi connectivity index (χ1n) is 7.77. The van der Waals surface area contributed by atoms with Gasteiger partial charge in [0.1, 0.15) is 11.6 Å². The molecule has 0 spiro atoms. The van der Waals surface area contributed by atoms with Crippen molar-refractivity contribution in [2.45, 2.75) is 34.6 Å². The van der Waals surface area contributed by atoms with Crippen LogP contribution in [-0.4, -0.2) is 25.5 Å². The van der Waals surface area contributed by atoms with Crippen LogP contribution in [0.1, 0.15) is 42.6 Å². The van der Waals surface area contributed by atoms with Crippen LogP contribution in [0, 0.1) is 13.8 Å². The summed E-state index contributed by atoms with van der Waals surface area (Å²) in [5.41, 5.74) is 15.0. The van der Waals surface area contributed by atoms with Crippen LogP contribution in [-0.2, 0) is 0 Å². The summed E-state index contributed by atoms with van der Waals surface area (Å²) in [6.07, 6.45) is 1.65. The Kier molecular flexibility index (Phi) is 4.69. The monoisotopic (exact) mass is 341 g/mol. The van der Waals surface area contributed by atoms with E-state index in [4.69, 9.17) is 11.5 Å². The number of nitrogens with zero attached hydrogens (tertiary/aromatic N) is 3. The van der Waals surface area contributed by atoms with Gasteiger partial charge in [-0.3, -0.25) is 9.36 Å². The average Bonchev–Trinajstić information content (AvgIpc) is 2.80. The largest absolute Gasteiger partial charge is 0.512 e. The normalized spacial score (nSPS) is 13.5. The molecule has 5 N–H and O–H groups in total. The van der Waals surface area contributed by atoms with Crippen molar-refractivity contribution in [2.24, 2.45) is 5.73 Å². The molecule has 132 valence electrons. The number of aliphatic hydroxyl groups is 1. The molecule has 2 aromatic heterocycles. The summed E-state index contributed by atoms with van der Waals surface area (Å²) in [4.78, 5) is 20.8. The fraction of sp³-hybridized carbons (Fsp3) is 0.278. The Balaban J connectivity index is 3.14. The number of aromatic nitrogens is 3. The van der Waals surface area contributed by atoms with E-state index >= 15 is 0 Å². The van der Waals surface area contributed by atoms with Crippen LogP contribution in [0.3, 0.4) is 0 Å². The lowest BCUT2D eigenvalue weighted by Gasteiger charge is -2.16. The average molecular weight is 341 g/mol. The third kappa shape index (κ3) is 2.88. The number of anilines is 1. The van der Waals surface area contributed by atoms with Gasteiger partial charge in [0, 0.05) is 5.57 Å². The first-order chi connectivity index (χ1) is 11.6. The maximum atomic E-state index is 12.0. The fourth-order valence-corrected chi connectivity index (χ4v) is 2.89. The lowest BCUT2D eigenvalue weighted by molar-refractivity contribution is 0.100. The molecule has 7 nitrogen and oxygen atoms in total. The fourth-order valence-electron chi connectivity index (χ4n) is 2.89. The third-order valence-corrected chi connectivity index (χ3v) is 4.19. The Morgan fingerprint density at radius 3 is 2.32 bits per heavy atom. The van der Waals surface area contributed by atoms with Crippen LogP contribution in [0.2, 0.25) is 0 Å². The predicted octanol–water partition coefficient (Wildman–Crippen LogP) is 3.00. The Labute approximate surface area is 146 Å². The van der Waals surface area contributed by atoms with Gasteiger partial charge in [0.25, 0.3) is 5.91 Å². The first-order valence-corrected chi connectivity index (χ1v) is 7.77. The predicted molar refractivity (Wildman–Crippen MR) is 100 cm³/mol. The van der Waals surface area contributed by atoms with Gasteiger partial charge < -0.3 is 16.6 Å². The molecule has 2 aromatic rings. The Bertz CT molecular complexity index is 960. The van der Waals surface area contributed by atoms with E-state index < -0.39 is 5.91 Å². The molecular weight excluding hydrogens is 318 g/mol. The van der Waals surface area contributed by atoms with Gasteiger partial charge in [0.15, 0.2) is 5.65 Å². The van der Waals surface area contributed by atoms with E-state index in [1.165, 1.54) is 0 Å². The third-order valence-electron chi connectivity index (χ3n) is 4.19. The van der Waals surface area contributed by atoms with Gasteiger partial charge in [-0.25, -0.2) is 9.97 Å². The number of hydrogen-bond acceptors (Lipinski definition) is 5. The molecule has 0 aliphatic carbocycles. The lowest BCUT2D eigenvalue weighted by Crippen LogP contribution is -2.14. The molecule has 0 saturated heterocycles. The summed E-state index contributed by atoms with van der Waals surface area (Å²) in [5, 5.41) is 10.5. The molecule has 0 bridgehead atoms. The van der Waals surface area contributed by atoms with Gasteiger partial charge in [-0.15, -0.1) is 0 Å². The van der Waals surface area contributed by atoms with Gasteiger partial charge in [-0.05, 0) is 40.2 Å².